The minimum atomic E-state index is -0.597. The monoisotopic (exact) mass is 621 g/mol. The average Bonchev–Trinajstić information content (AvgIpc) is 3.77. The summed E-state index contributed by atoms with van der Waals surface area (Å²) in [4.78, 5) is 5.12. The van der Waals surface area contributed by atoms with Crippen molar-refractivity contribution in [2.75, 3.05) is 6.61 Å². The Labute approximate surface area is 267 Å². The van der Waals surface area contributed by atoms with E-state index >= 15 is 0 Å². The Kier molecular flexibility index (Phi) is 13.1. The van der Waals surface area contributed by atoms with Crippen LogP contribution in [0, 0.1) is 26.7 Å². The molecule has 0 radical (unpaired) electrons. The van der Waals surface area contributed by atoms with Crippen LogP contribution in [0.5, 0.6) is 0 Å². The second-order valence-corrected chi connectivity index (χ2v) is 14.2. The largest absolute Gasteiger partial charge is 2.00 e. The zero-order valence-electron chi connectivity index (χ0n) is 25.9. The maximum absolute atomic E-state index is 6.30. The molecule has 224 valence electrons. The first-order valence-electron chi connectivity index (χ1n) is 15.2. The van der Waals surface area contributed by atoms with Crippen molar-refractivity contribution < 1.29 is 21.8 Å². The third-order valence-electron chi connectivity index (χ3n) is 8.90. The third-order valence-corrected chi connectivity index (χ3v) is 12.0. The number of aliphatic imine (C=N–C) groups is 1. The van der Waals surface area contributed by atoms with Gasteiger partial charge >= 0.3 is 17.1 Å². The summed E-state index contributed by atoms with van der Waals surface area (Å²) in [7, 11) is -0.597. The van der Waals surface area contributed by atoms with E-state index in [9.17, 15) is 0 Å². The maximum Gasteiger partial charge on any atom is 2.00 e. The number of fused-ring (bicyclic) bond motifs is 2. The van der Waals surface area contributed by atoms with Crippen LogP contribution in [-0.4, -0.2) is 24.2 Å². The Balaban J connectivity index is 0.000000551. The molecule has 0 bridgehead atoms. The molecule has 2 saturated carbocycles. The van der Waals surface area contributed by atoms with Crippen molar-refractivity contribution in [2.45, 2.75) is 76.9 Å². The van der Waals surface area contributed by atoms with Crippen LogP contribution in [0.1, 0.15) is 65.2 Å². The summed E-state index contributed by atoms with van der Waals surface area (Å²) in [5.41, 5.74) is 0.538. The molecule has 2 nitrogen and oxygen atoms in total. The summed E-state index contributed by atoms with van der Waals surface area (Å²) in [6.07, 6.45) is 11.2. The van der Waals surface area contributed by atoms with Gasteiger partial charge in [0, 0.05) is 5.92 Å². The minimum Gasteiger partial charge on any atom is -0.478 e. The minimum absolute atomic E-state index is 0. The van der Waals surface area contributed by atoms with Crippen LogP contribution in [-0.2, 0) is 21.8 Å². The van der Waals surface area contributed by atoms with Gasteiger partial charge in [0.05, 0.1) is 6.04 Å². The molecule has 2 unspecified atom stereocenters. The van der Waals surface area contributed by atoms with Crippen molar-refractivity contribution >= 4 is 46.0 Å². The predicted octanol–water partition coefficient (Wildman–Crippen LogP) is 9.90. The summed E-state index contributed by atoms with van der Waals surface area (Å²) in [6.45, 7) is 5.26. The summed E-state index contributed by atoms with van der Waals surface area (Å²) in [6, 6.07) is 31.9. The number of ether oxygens (including phenoxy) is 1. The fourth-order valence-corrected chi connectivity index (χ4v) is 10.2. The molecular weight excluding hydrogens is 573 g/mol. The first kappa shape index (κ1) is 34.3. The number of nitrogens with zero attached hydrogens (tertiary/aromatic N) is 1. The molecule has 0 aromatic heterocycles. The van der Waals surface area contributed by atoms with Crippen molar-refractivity contribution in [2.24, 2.45) is 16.8 Å². The fraction of sp³-hybridized carbons (Fsp3) is 0.395. The molecule has 0 spiro atoms. The number of hydrogen-bond donors (Lipinski definition) is 0. The van der Waals surface area contributed by atoms with Gasteiger partial charge in [0.15, 0.2) is 5.90 Å². The van der Waals surface area contributed by atoms with E-state index in [-0.39, 0.29) is 31.9 Å². The standard InChI is InChI=1S/C31H32NOP.C5H10.2CH3.Fe/c1-21(2)27-20-33-31(32-27)26-16-9-19-30(26)34(28-17-7-12-22-10-3-5-14-24(22)28)29-18-8-13-23-11-4-6-15-25(23)29;1-2-4-5-3-1;;;/h3-8,10-15,17-18,21,26-27,30H,9,16,19-20H2,1-2H3;1-5H2;2*1H3;/q;;2*-1;+2/t26?,27-,30?;;;;/m0..../s1. The summed E-state index contributed by atoms with van der Waals surface area (Å²) >= 11 is 0. The van der Waals surface area contributed by atoms with E-state index in [4.69, 9.17) is 9.73 Å². The molecule has 7 rings (SSSR count). The Morgan fingerprint density at radius 1 is 0.667 bits per heavy atom. The Morgan fingerprint density at radius 2 is 1.17 bits per heavy atom. The normalized spacial score (nSPS) is 21.1. The topological polar surface area (TPSA) is 21.6 Å². The van der Waals surface area contributed by atoms with E-state index in [1.807, 2.05) is 0 Å². The molecule has 3 atom stereocenters. The van der Waals surface area contributed by atoms with Crippen LogP contribution in [0.4, 0.5) is 0 Å². The molecule has 1 aliphatic heterocycles. The van der Waals surface area contributed by atoms with E-state index in [0.717, 1.165) is 12.5 Å². The van der Waals surface area contributed by atoms with Gasteiger partial charge in [-0.05, 0) is 64.5 Å². The average molecular weight is 622 g/mol. The molecule has 4 heteroatoms. The van der Waals surface area contributed by atoms with E-state index in [2.05, 4.69) is 98.8 Å². The van der Waals surface area contributed by atoms with E-state index in [1.54, 1.807) is 0 Å². The van der Waals surface area contributed by atoms with Gasteiger partial charge in [-0.3, -0.25) is 0 Å². The summed E-state index contributed by atoms with van der Waals surface area (Å²) in [5, 5.41) is 8.45. The van der Waals surface area contributed by atoms with Crippen molar-refractivity contribution in [3.63, 3.8) is 0 Å². The molecule has 0 amide bonds. The SMILES string of the molecule is C1CCCC1.CC(C)[C@@H]1COC(C2CCCC2P(c2cccc3ccccc23)c2cccc3ccccc23)=N1.[CH3-].[CH3-].[Fe+2]. The van der Waals surface area contributed by atoms with Crippen LogP contribution in [0.3, 0.4) is 0 Å². The Morgan fingerprint density at radius 3 is 1.67 bits per heavy atom. The van der Waals surface area contributed by atoms with Crippen molar-refractivity contribution in [1.82, 2.24) is 0 Å². The second-order valence-electron chi connectivity index (χ2n) is 11.8. The Bertz CT molecular complexity index is 1350. The molecular formula is C38H48FeNOP. The summed E-state index contributed by atoms with van der Waals surface area (Å²) in [5.74, 6) is 1.97. The van der Waals surface area contributed by atoms with Gasteiger partial charge in [0.2, 0.25) is 0 Å². The van der Waals surface area contributed by atoms with Crippen LogP contribution < -0.4 is 10.6 Å². The zero-order valence-corrected chi connectivity index (χ0v) is 27.9. The third kappa shape index (κ3) is 7.30. The van der Waals surface area contributed by atoms with E-state index in [0.29, 0.717) is 23.5 Å². The van der Waals surface area contributed by atoms with Gasteiger partial charge in [0.25, 0.3) is 0 Å². The molecule has 4 aromatic carbocycles. The molecule has 2 fully saturated rings. The van der Waals surface area contributed by atoms with Gasteiger partial charge < -0.3 is 19.6 Å². The quantitative estimate of drug-likeness (QED) is 0.124. The number of hydrogen-bond acceptors (Lipinski definition) is 2. The first-order chi connectivity index (χ1) is 19.2. The van der Waals surface area contributed by atoms with Gasteiger partial charge in [-0.1, -0.05) is 137 Å². The first-order valence-corrected chi connectivity index (χ1v) is 16.6. The molecule has 4 aromatic rings. The van der Waals surface area contributed by atoms with E-state index < -0.39 is 7.92 Å². The van der Waals surface area contributed by atoms with Gasteiger partial charge in [-0.2, -0.15) is 0 Å². The van der Waals surface area contributed by atoms with Crippen LogP contribution in [0.25, 0.3) is 21.5 Å². The molecule has 2 aliphatic carbocycles. The molecule has 0 saturated heterocycles. The number of rotatable bonds is 5. The Hall–Kier alpha value is -2.18. The van der Waals surface area contributed by atoms with Crippen LogP contribution >= 0.6 is 7.92 Å². The molecule has 42 heavy (non-hydrogen) atoms. The van der Waals surface area contributed by atoms with Gasteiger partial charge in [-0.15, -0.1) is 0 Å². The zero-order chi connectivity index (χ0) is 26.6. The van der Waals surface area contributed by atoms with Crippen molar-refractivity contribution in [1.29, 1.82) is 0 Å². The molecule has 1 heterocycles. The van der Waals surface area contributed by atoms with Crippen LogP contribution in [0.15, 0.2) is 89.9 Å². The smallest absolute Gasteiger partial charge is 0.478 e. The second kappa shape index (κ2) is 16.0. The number of benzene rings is 4. The predicted molar refractivity (Wildman–Crippen MR) is 183 cm³/mol. The van der Waals surface area contributed by atoms with Crippen molar-refractivity contribution in [3.8, 4) is 0 Å². The fourth-order valence-electron chi connectivity index (χ4n) is 6.70. The van der Waals surface area contributed by atoms with Gasteiger partial charge in [0.1, 0.15) is 6.61 Å². The van der Waals surface area contributed by atoms with Crippen LogP contribution in [0.2, 0.25) is 0 Å². The van der Waals surface area contributed by atoms with Gasteiger partial charge in [-0.25, -0.2) is 4.99 Å². The maximum atomic E-state index is 6.30. The molecule has 3 aliphatic rings. The summed E-state index contributed by atoms with van der Waals surface area (Å²) < 4.78 is 6.30. The molecule has 0 N–H and O–H groups in total. The van der Waals surface area contributed by atoms with E-state index in [1.165, 1.54) is 83.5 Å². The van der Waals surface area contributed by atoms with Crippen molar-refractivity contribution in [3.05, 3.63) is 99.8 Å².